The lowest BCUT2D eigenvalue weighted by molar-refractivity contribution is 0.102. The molecule has 30 heavy (non-hydrogen) atoms. The SMILES string of the molecule is COc1ccc(C(=O)Nc2ccc3c(c2)OCCO3)cc1CSc1ccc(Cl)cc1. The molecule has 0 aliphatic carbocycles. The number of ether oxygens (including phenoxy) is 3. The van der Waals surface area contributed by atoms with Gasteiger partial charge in [-0.05, 0) is 54.6 Å². The fourth-order valence-electron chi connectivity index (χ4n) is 3.05. The molecule has 3 aromatic rings. The standard InChI is InChI=1S/C23H20ClNO4S/c1-27-20-8-2-15(12-16(20)14-30-19-6-3-17(24)4-7-19)23(26)25-18-5-9-21-22(13-18)29-11-10-28-21/h2-9,12-13H,10-11,14H2,1H3,(H,25,26). The highest BCUT2D eigenvalue weighted by Crippen LogP contribution is 2.33. The molecule has 7 heteroatoms. The first-order chi connectivity index (χ1) is 14.6. The molecule has 0 saturated carbocycles. The van der Waals surface area contributed by atoms with Gasteiger partial charge in [0.25, 0.3) is 5.91 Å². The van der Waals surface area contributed by atoms with Crippen molar-refractivity contribution >= 4 is 35.0 Å². The summed E-state index contributed by atoms with van der Waals surface area (Å²) < 4.78 is 16.6. The zero-order valence-electron chi connectivity index (χ0n) is 16.3. The van der Waals surface area contributed by atoms with E-state index in [1.54, 1.807) is 43.1 Å². The van der Waals surface area contributed by atoms with E-state index in [0.29, 0.717) is 46.7 Å². The first-order valence-electron chi connectivity index (χ1n) is 9.38. The topological polar surface area (TPSA) is 56.8 Å². The van der Waals surface area contributed by atoms with Crippen LogP contribution in [0.25, 0.3) is 0 Å². The Morgan fingerprint density at radius 1 is 1.03 bits per heavy atom. The molecule has 1 amide bonds. The minimum atomic E-state index is -0.202. The first-order valence-corrected chi connectivity index (χ1v) is 10.7. The number of methoxy groups -OCH3 is 1. The molecule has 5 nitrogen and oxygen atoms in total. The predicted octanol–water partition coefficient (Wildman–Crippen LogP) is 5.66. The van der Waals surface area contributed by atoms with Crippen molar-refractivity contribution in [1.29, 1.82) is 0 Å². The van der Waals surface area contributed by atoms with Gasteiger partial charge in [0.05, 0.1) is 7.11 Å². The van der Waals surface area contributed by atoms with Gasteiger partial charge in [0.15, 0.2) is 11.5 Å². The zero-order valence-corrected chi connectivity index (χ0v) is 17.9. The number of carbonyl (C=O) groups is 1. The van der Waals surface area contributed by atoms with E-state index < -0.39 is 0 Å². The Morgan fingerprint density at radius 2 is 1.80 bits per heavy atom. The number of carbonyl (C=O) groups excluding carboxylic acids is 1. The highest BCUT2D eigenvalue weighted by molar-refractivity contribution is 7.98. The van der Waals surface area contributed by atoms with Gasteiger partial charge in [-0.2, -0.15) is 0 Å². The zero-order chi connectivity index (χ0) is 20.9. The summed E-state index contributed by atoms with van der Waals surface area (Å²) in [5, 5.41) is 3.62. The van der Waals surface area contributed by atoms with Gasteiger partial charge in [-0.25, -0.2) is 0 Å². The normalized spacial score (nSPS) is 12.3. The van der Waals surface area contributed by atoms with Crippen LogP contribution in [0.15, 0.2) is 65.6 Å². The fraction of sp³-hybridized carbons (Fsp3) is 0.174. The van der Waals surface area contributed by atoms with Gasteiger partial charge in [-0.15, -0.1) is 11.8 Å². The number of benzene rings is 3. The molecule has 1 aliphatic rings. The third-order valence-electron chi connectivity index (χ3n) is 4.55. The maximum atomic E-state index is 12.8. The molecule has 0 unspecified atom stereocenters. The van der Waals surface area contributed by atoms with Crippen LogP contribution < -0.4 is 19.5 Å². The fourth-order valence-corrected chi connectivity index (χ4v) is 4.05. The number of nitrogens with one attached hydrogen (secondary N) is 1. The summed E-state index contributed by atoms with van der Waals surface area (Å²) in [7, 11) is 1.63. The minimum absolute atomic E-state index is 0.202. The van der Waals surface area contributed by atoms with Crippen LogP contribution in [-0.4, -0.2) is 26.2 Å². The van der Waals surface area contributed by atoms with Crippen LogP contribution in [0.4, 0.5) is 5.69 Å². The van der Waals surface area contributed by atoms with Crippen molar-refractivity contribution in [2.75, 3.05) is 25.6 Å². The Hall–Kier alpha value is -2.83. The highest BCUT2D eigenvalue weighted by Gasteiger charge is 2.15. The van der Waals surface area contributed by atoms with E-state index in [-0.39, 0.29) is 5.91 Å². The maximum Gasteiger partial charge on any atom is 0.255 e. The molecule has 0 saturated heterocycles. The van der Waals surface area contributed by atoms with Gasteiger partial charge in [0.2, 0.25) is 0 Å². The van der Waals surface area contributed by atoms with E-state index in [1.807, 2.05) is 36.4 Å². The number of halogens is 1. The van der Waals surface area contributed by atoms with Gasteiger partial charge in [-0.3, -0.25) is 4.79 Å². The van der Waals surface area contributed by atoms with Crippen LogP contribution in [0.1, 0.15) is 15.9 Å². The molecule has 1 heterocycles. The molecular formula is C23H20ClNO4S. The Kier molecular flexibility index (Phi) is 6.35. The lowest BCUT2D eigenvalue weighted by Gasteiger charge is -2.19. The van der Waals surface area contributed by atoms with E-state index in [0.717, 1.165) is 16.2 Å². The van der Waals surface area contributed by atoms with Crippen molar-refractivity contribution in [3.05, 3.63) is 76.8 Å². The van der Waals surface area contributed by atoms with Crippen LogP contribution in [0.3, 0.4) is 0 Å². The molecule has 154 valence electrons. The predicted molar refractivity (Wildman–Crippen MR) is 119 cm³/mol. The lowest BCUT2D eigenvalue weighted by Crippen LogP contribution is -2.16. The number of hydrogen-bond donors (Lipinski definition) is 1. The van der Waals surface area contributed by atoms with Gasteiger partial charge in [0.1, 0.15) is 19.0 Å². The smallest absolute Gasteiger partial charge is 0.255 e. The summed E-state index contributed by atoms with van der Waals surface area (Å²) in [6.45, 7) is 1.03. The van der Waals surface area contributed by atoms with E-state index in [9.17, 15) is 4.79 Å². The van der Waals surface area contributed by atoms with E-state index in [1.165, 1.54) is 0 Å². The summed E-state index contributed by atoms with van der Waals surface area (Å²) in [5.41, 5.74) is 2.14. The number of fused-ring (bicyclic) bond motifs is 1. The number of amides is 1. The second-order valence-corrected chi connectivity index (χ2v) is 8.07. The highest BCUT2D eigenvalue weighted by atomic mass is 35.5. The molecule has 0 aromatic heterocycles. The number of rotatable bonds is 6. The third kappa shape index (κ3) is 4.83. The van der Waals surface area contributed by atoms with E-state index in [4.69, 9.17) is 25.8 Å². The molecule has 0 fully saturated rings. The van der Waals surface area contributed by atoms with Crippen LogP contribution >= 0.6 is 23.4 Å². The quantitative estimate of drug-likeness (QED) is 0.500. The summed E-state index contributed by atoms with van der Waals surface area (Å²) in [6, 6.07) is 18.5. The lowest BCUT2D eigenvalue weighted by atomic mass is 10.1. The summed E-state index contributed by atoms with van der Waals surface area (Å²) >= 11 is 7.60. The van der Waals surface area contributed by atoms with Crippen molar-refractivity contribution in [3.8, 4) is 17.2 Å². The van der Waals surface area contributed by atoms with Crippen LogP contribution in [-0.2, 0) is 5.75 Å². The van der Waals surface area contributed by atoms with E-state index in [2.05, 4.69) is 5.32 Å². The van der Waals surface area contributed by atoms with Gasteiger partial charge >= 0.3 is 0 Å². The van der Waals surface area contributed by atoms with Gasteiger partial charge in [0, 0.05) is 38.6 Å². The first kappa shape index (κ1) is 20.4. The van der Waals surface area contributed by atoms with Crippen LogP contribution in [0, 0.1) is 0 Å². The Bertz CT molecular complexity index is 1060. The molecule has 4 rings (SSSR count). The second-order valence-electron chi connectivity index (χ2n) is 6.58. The van der Waals surface area contributed by atoms with Crippen molar-refractivity contribution in [2.45, 2.75) is 10.6 Å². The number of anilines is 1. The Labute approximate surface area is 184 Å². The molecule has 1 N–H and O–H groups in total. The van der Waals surface area contributed by atoms with Crippen molar-refractivity contribution in [2.24, 2.45) is 0 Å². The molecule has 0 atom stereocenters. The third-order valence-corrected chi connectivity index (χ3v) is 5.86. The second kappa shape index (κ2) is 9.32. The number of hydrogen-bond acceptors (Lipinski definition) is 5. The van der Waals surface area contributed by atoms with Gasteiger partial charge in [-0.1, -0.05) is 11.6 Å². The summed E-state index contributed by atoms with van der Waals surface area (Å²) in [4.78, 5) is 13.9. The average molecular weight is 442 g/mol. The van der Waals surface area contributed by atoms with E-state index >= 15 is 0 Å². The molecule has 0 spiro atoms. The minimum Gasteiger partial charge on any atom is -0.496 e. The van der Waals surface area contributed by atoms with Crippen LogP contribution in [0.2, 0.25) is 5.02 Å². The molecular weight excluding hydrogens is 422 g/mol. The molecule has 1 aliphatic heterocycles. The van der Waals surface area contributed by atoms with Crippen molar-refractivity contribution in [1.82, 2.24) is 0 Å². The van der Waals surface area contributed by atoms with Crippen LogP contribution in [0.5, 0.6) is 17.2 Å². The summed E-state index contributed by atoms with van der Waals surface area (Å²) in [6.07, 6.45) is 0. The Balaban J connectivity index is 1.48. The molecule has 0 bridgehead atoms. The van der Waals surface area contributed by atoms with Crippen molar-refractivity contribution in [3.63, 3.8) is 0 Å². The van der Waals surface area contributed by atoms with Gasteiger partial charge < -0.3 is 19.5 Å². The maximum absolute atomic E-state index is 12.8. The average Bonchev–Trinajstić information content (AvgIpc) is 2.78. The molecule has 0 radical (unpaired) electrons. The number of thioether (sulfide) groups is 1. The monoisotopic (exact) mass is 441 g/mol. The Morgan fingerprint density at radius 3 is 2.57 bits per heavy atom. The molecule has 3 aromatic carbocycles. The van der Waals surface area contributed by atoms with Crippen molar-refractivity contribution < 1.29 is 19.0 Å². The largest absolute Gasteiger partial charge is 0.496 e. The summed E-state index contributed by atoms with van der Waals surface area (Å²) in [5.74, 6) is 2.52.